The SMILES string of the molecule is CC(=O)OC1CCSSC1. The van der Waals surface area contributed by atoms with E-state index in [1.807, 2.05) is 10.8 Å². The van der Waals surface area contributed by atoms with E-state index in [0.717, 1.165) is 17.9 Å². The Hall–Kier alpha value is 0.170. The summed E-state index contributed by atoms with van der Waals surface area (Å²) in [4.78, 5) is 10.5. The molecular weight excluding hydrogens is 168 g/mol. The van der Waals surface area contributed by atoms with Gasteiger partial charge in [0, 0.05) is 18.4 Å². The van der Waals surface area contributed by atoms with Gasteiger partial charge in [0.05, 0.1) is 0 Å². The molecule has 1 atom stereocenters. The van der Waals surface area contributed by atoms with Gasteiger partial charge < -0.3 is 4.74 Å². The van der Waals surface area contributed by atoms with Crippen molar-refractivity contribution in [1.29, 1.82) is 0 Å². The highest BCUT2D eigenvalue weighted by Crippen LogP contribution is 2.30. The standard InChI is InChI=1S/C6H10O2S2/c1-5(7)8-6-2-3-9-10-4-6/h6H,2-4H2,1H3. The molecule has 0 spiro atoms. The summed E-state index contributed by atoms with van der Waals surface area (Å²) < 4.78 is 5.02. The molecule has 0 aromatic carbocycles. The first kappa shape index (κ1) is 8.27. The molecule has 0 bridgehead atoms. The van der Waals surface area contributed by atoms with E-state index in [9.17, 15) is 4.79 Å². The minimum absolute atomic E-state index is 0.155. The molecule has 0 N–H and O–H groups in total. The summed E-state index contributed by atoms with van der Waals surface area (Å²) in [7, 11) is 3.64. The minimum Gasteiger partial charge on any atom is -0.462 e. The van der Waals surface area contributed by atoms with Crippen LogP contribution < -0.4 is 0 Å². The summed E-state index contributed by atoms with van der Waals surface area (Å²) in [6.45, 7) is 1.46. The predicted octanol–water partition coefficient (Wildman–Crippen LogP) is 1.70. The molecule has 10 heavy (non-hydrogen) atoms. The molecule has 0 saturated carbocycles. The fourth-order valence-corrected chi connectivity index (χ4v) is 3.12. The molecule has 0 aromatic rings. The average Bonchev–Trinajstić information content (AvgIpc) is 1.88. The molecule has 4 heteroatoms. The minimum atomic E-state index is -0.155. The Kier molecular flexibility index (Phi) is 3.42. The van der Waals surface area contributed by atoms with E-state index in [0.29, 0.717) is 0 Å². The first-order valence-corrected chi connectivity index (χ1v) is 5.69. The molecule has 1 fully saturated rings. The van der Waals surface area contributed by atoms with Crippen LogP contribution in [0.2, 0.25) is 0 Å². The summed E-state index contributed by atoms with van der Waals surface area (Å²) >= 11 is 0. The van der Waals surface area contributed by atoms with Crippen LogP contribution >= 0.6 is 21.6 Å². The van der Waals surface area contributed by atoms with Gasteiger partial charge in [-0.1, -0.05) is 21.6 Å². The van der Waals surface area contributed by atoms with Crippen LogP contribution in [0.15, 0.2) is 0 Å². The molecule has 1 unspecified atom stereocenters. The van der Waals surface area contributed by atoms with Crippen LogP contribution in [0.1, 0.15) is 13.3 Å². The molecule has 1 rings (SSSR count). The Bertz CT molecular complexity index is 121. The number of esters is 1. The first-order chi connectivity index (χ1) is 4.79. The molecule has 0 aliphatic carbocycles. The Balaban J connectivity index is 2.19. The van der Waals surface area contributed by atoms with Crippen molar-refractivity contribution in [3.05, 3.63) is 0 Å². The third kappa shape index (κ3) is 2.84. The topological polar surface area (TPSA) is 26.3 Å². The molecule has 1 saturated heterocycles. The lowest BCUT2D eigenvalue weighted by molar-refractivity contribution is -0.145. The van der Waals surface area contributed by atoms with Crippen molar-refractivity contribution in [2.45, 2.75) is 19.4 Å². The molecule has 0 radical (unpaired) electrons. The number of hydrogen-bond acceptors (Lipinski definition) is 4. The predicted molar refractivity (Wildman–Crippen MR) is 45.1 cm³/mol. The summed E-state index contributed by atoms with van der Waals surface area (Å²) in [6, 6.07) is 0. The number of hydrogen-bond donors (Lipinski definition) is 0. The van der Waals surface area contributed by atoms with Gasteiger partial charge in [-0.05, 0) is 6.42 Å². The van der Waals surface area contributed by atoms with Gasteiger partial charge in [-0.2, -0.15) is 0 Å². The smallest absolute Gasteiger partial charge is 0.302 e. The van der Waals surface area contributed by atoms with Gasteiger partial charge in [-0.3, -0.25) is 4.79 Å². The molecule has 0 aromatic heterocycles. The molecule has 1 aliphatic rings. The molecular formula is C6H10O2S2. The van der Waals surface area contributed by atoms with E-state index in [-0.39, 0.29) is 12.1 Å². The van der Waals surface area contributed by atoms with E-state index in [1.165, 1.54) is 6.92 Å². The third-order valence-electron chi connectivity index (χ3n) is 1.19. The van der Waals surface area contributed by atoms with Crippen molar-refractivity contribution in [1.82, 2.24) is 0 Å². The molecule has 1 heterocycles. The highest BCUT2D eigenvalue weighted by Gasteiger charge is 2.16. The van der Waals surface area contributed by atoms with Gasteiger partial charge >= 0.3 is 5.97 Å². The molecule has 0 amide bonds. The Morgan fingerprint density at radius 3 is 2.90 bits per heavy atom. The van der Waals surface area contributed by atoms with E-state index in [2.05, 4.69) is 0 Å². The normalized spacial score (nSPS) is 25.9. The van der Waals surface area contributed by atoms with E-state index in [1.54, 1.807) is 10.8 Å². The van der Waals surface area contributed by atoms with Crippen LogP contribution in [0.5, 0.6) is 0 Å². The van der Waals surface area contributed by atoms with Crippen molar-refractivity contribution in [2.24, 2.45) is 0 Å². The van der Waals surface area contributed by atoms with Crippen molar-refractivity contribution < 1.29 is 9.53 Å². The maximum Gasteiger partial charge on any atom is 0.302 e. The lowest BCUT2D eigenvalue weighted by Crippen LogP contribution is -2.21. The van der Waals surface area contributed by atoms with Crippen LogP contribution in [0.25, 0.3) is 0 Å². The lowest BCUT2D eigenvalue weighted by Gasteiger charge is -2.19. The zero-order chi connectivity index (χ0) is 7.40. The van der Waals surface area contributed by atoms with E-state index >= 15 is 0 Å². The fourth-order valence-electron chi connectivity index (χ4n) is 0.773. The Morgan fingerprint density at radius 2 is 2.40 bits per heavy atom. The van der Waals surface area contributed by atoms with Gasteiger partial charge in [-0.25, -0.2) is 0 Å². The van der Waals surface area contributed by atoms with Gasteiger partial charge in [0.1, 0.15) is 6.10 Å². The monoisotopic (exact) mass is 178 g/mol. The summed E-state index contributed by atoms with van der Waals surface area (Å²) in [5.41, 5.74) is 0. The highest BCUT2D eigenvalue weighted by molar-refractivity contribution is 8.76. The molecule has 2 nitrogen and oxygen atoms in total. The van der Waals surface area contributed by atoms with E-state index < -0.39 is 0 Å². The van der Waals surface area contributed by atoms with Crippen molar-refractivity contribution in [3.63, 3.8) is 0 Å². The van der Waals surface area contributed by atoms with Crippen LogP contribution in [-0.2, 0) is 9.53 Å². The van der Waals surface area contributed by atoms with Crippen LogP contribution in [0.3, 0.4) is 0 Å². The summed E-state index contributed by atoms with van der Waals surface area (Å²) in [5, 5.41) is 0. The van der Waals surface area contributed by atoms with Gasteiger partial charge in [0.25, 0.3) is 0 Å². The highest BCUT2D eigenvalue weighted by atomic mass is 33.1. The van der Waals surface area contributed by atoms with Gasteiger partial charge in [0.15, 0.2) is 0 Å². The third-order valence-corrected chi connectivity index (χ3v) is 3.68. The van der Waals surface area contributed by atoms with Gasteiger partial charge in [0.2, 0.25) is 0 Å². The second-order valence-electron chi connectivity index (χ2n) is 2.13. The van der Waals surface area contributed by atoms with Crippen LogP contribution in [0.4, 0.5) is 0 Å². The number of carbonyl (C=O) groups is 1. The zero-order valence-electron chi connectivity index (χ0n) is 5.83. The van der Waals surface area contributed by atoms with Crippen molar-refractivity contribution in [3.8, 4) is 0 Å². The van der Waals surface area contributed by atoms with Crippen LogP contribution in [0, 0.1) is 0 Å². The largest absolute Gasteiger partial charge is 0.462 e. The van der Waals surface area contributed by atoms with Crippen molar-refractivity contribution >= 4 is 27.6 Å². The number of rotatable bonds is 1. The quantitative estimate of drug-likeness (QED) is 0.451. The first-order valence-electron chi connectivity index (χ1n) is 3.20. The Morgan fingerprint density at radius 1 is 1.60 bits per heavy atom. The van der Waals surface area contributed by atoms with E-state index in [4.69, 9.17) is 4.74 Å². The van der Waals surface area contributed by atoms with Crippen LogP contribution in [-0.4, -0.2) is 23.6 Å². The second-order valence-corrected chi connectivity index (χ2v) is 4.75. The number of ether oxygens (including phenoxy) is 1. The summed E-state index contributed by atoms with van der Waals surface area (Å²) in [5.74, 6) is 1.89. The second kappa shape index (κ2) is 4.13. The summed E-state index contributed by atoms with van der Waals surface area (Å²) in [6.07, 6.45) is 1.18. The van der Waals surface area contributed by atoms with Gasteiger partial charge in [-0.15, -0.1) is 0 Å². The maximum atomic E-state index is 10.5. The maximum absolute atomic E-state index is 10.5. The molecule has 58 valence electrons. The fraction of sp³-hybridized carbons (Fsp3) is 0.833. The molecule has 1 aliphatic heterocycles. The zero-order valence-corrected chi connectivity index (χ0v) is 7.46. The van der Waals surface area contributed by atoms with Crippen molar-refractivity contribution in [2.75, 3.05) is 11.5 Å². The Labute approximate surface area is 68.5 Å². The number of carbonyl (C=O) groups excluding carboxylic acids is 1. The lowest BCUT2D eigenvalue weighted by atomic mass is 10.3. The average molecular weight is 178 g/mol.